The molecular formula is C27H33N3O3S. The molecule has 6 nitrogen and oxygen atoms in total. The van der Waals surface area contributed by atoms with Crippen LogP contribution in [0.3, 0.4) is 0 Å². The van der Waals surface area contributed by atoms with Gasteiger partial charge in [0.15, 0.2) is 0 Å². The lowest BCUT2D eigenvalue weighted by Gasteiger charge is -2.37. The van der Waals surface area contributed by atoms with Crippen LogP contribution < -0.4 is 0 Å². The highest BCUT2D eigenvalue weighted by atomic mass is 32.2. The Balaban J connectivity index is 1.23. The number of carbonyl (C=O) groups excluding carboxylic acids is 1. The Labute approximate surface area is 203 Å². The van der Waals surface area contributed by atoms with Gasteiger partial charge in [0, 0.05) is 32.1 Å². The van der Waals surface area contributed by atoms with E-state index in [4.69, 9.17) is 5.26 Å². The number of likely N-dealkylation sites (tertiary alicyclic amines) is 1. The number of aryl methyl sites for hydroxylation is 2. The maximum atomic E-state index is 13.1. The highest BCUT2D eigenvalue weighted by Gasteiger charge is 2.34. The summed E-state index contributed by atoms with van der Waals surface area (Å²) < 4.78 is 27.3. The van der Waals surface area contributed by atoms with Crippen LogP contribution in [0.15, 0.2) is 53.4 Å². The highest BCUT2D eigenvalue weighted by molar-refractivity contribution is 7.89. The van der Waals surface area contributed by atoms with E-state index < -0.39 is 10.0 Å². The Bertz CT molecular complexity index is 1120. The largest absolute Gasteiger partial charge is 0.342 e. The molecule has 2 saturated heterocycles. The number of hydrogen-bond acceptors (Lipinski definition) is 4. The summed E-state index contributed by atoms with van der Waals surface area (Å²) >= 11 is 0. The van der Waals surface area contributed by atoms with Crippen LogP contribution in [0.1, 0.15) is 48.8 Å². The number of nitriles is 1. The number of sulfonamides is 1. The number of rotatable bonds is 6. The van der Waals surface area contributed by atoms with Crippen LogP contribution in [0, 0.1) is 30.1 Å². The third-order valence-corrected chi connectivity index (χ3v) is 9.23. The lowest BCUT2D eigenvalue weighted by molar-refractivity contribution is -0.138. The van der Waals surface area contributed by atoms with E-state index in [9.17, 15) is 13.2 Å². The van der Waals surface area contributed by atoms with Crippen molar-refractivity contribution in [3.05, 3.63) is 65.2 Å². The van der Waals surface area contributed by atoms with Crippen LogP contribution in [0.5, 0.6) is 0 Å². The van der Waals surface area contributed by atoms with E-state index in [2.05, 4.69) is 31.2 Å². The summed E-state index contributed by atoms with van der Waals surface area (Å²) in [4.78, 5) is 15.3. The molecule has 4 rings (SSSR count). The number of nitrogens with zero attached hydrogens (tertiary/aromatic N) is 3. The monoisotopic (exact) mass is 479 g/mol. The van der Waals surface area contributed by atoms with E-state index in [0.717, 1.165) is 38.8 Å². The SMILES string of the molecule is Cc1ccc(CCC2CCN(C(=O)C3CCN(S(=O)(=O)c4ccc(C#N)cc4)CC3)CC2)cc1. The molecule has 2 aliphatic heterocycles. The number of amides is 1. The van der Waals surface area contributed by atoms with Crippen molar-refractivity contribution in [3.63, 3.8) is 0 Å². The van der Waals surface area contributed by atoms with Crippen molar-refractivity contribution in [2.75, 3.05) is 26.2 Å². The first-order valence-electron chi connectivity index (χ1n) is 12.2. The van der Waals surface area contributed by atoms with Crippen molar-refractivity contribution >= 4 is 15.9 Å². The fourth-order valence-electron chi connectivity index (χ4n) is 5.02. The predicted octanol–water partition coefficient (Wildman–Crippen LogP) is 4.14. The molecule has 180 valence electrons. The zero-order valence-corrected chi connectivity index (χ0v) is 20.6. The summed E-state index contributed by atoms with van der Waals surface area (Å²) in [7, 11) is -3.60. The molecule has 0 saturated carbocycles. The van der Waals surface area contributed by atoms with Gasteiger partial charge < -0.3 is 4.90 Å². The van der Waals surface area contributed by atoms with E-state index in [1.54, 1.807) is 0 Å². The number of hydrogen-bond donors (Lipinski definition) is 0. The van der Waals surface area contributed by atoms with E-state index in [1.165, 1.54) is 39.7 Å². The van der Waals surface area contributed by atoms with Crippen LogP contribution in [0.4, 0.5) is 0 Å². The van der Waals surface area contributed by atoms with Crippen LogP contribution in [0.25, 0.3) is 0 Å². The fraction of sp³-hybridized carbons (Fsp3) is 0.481. The standard InChI is InChI=1S/C27H33N3O3S/c1-21-2-4-22(5-3-21)6-7-23-12-16-29(17-13-23)27(31)25-14-18-30(19-15-25)34(32,33)26-10-8-24(20-28)9-11-26/h2-5,8-11,23,25H,6-7,12-19H2,1H3. The van der Waals surface area contributed by atoms with Gasteiger partial charge in [-0.05, 0) is 81.2 Å². The molecule has 2 aromatic carbocycles. The van der Waals surface area contributed by atoms with Crippen molar-refractivity contribution in [2.45, 2.75) is 50.3 Å². The first-order chi connectivity index (χ1) is 16.4. The zero-order chi connectivity index (χ0) is 24.1. The molecular weight excluding hydrogens is 446 g/mol. The van der Waals surface area contributed by atoms with Gasteiger partial charge in [-0.3, -0.25) is 4.79 Å². The molecule has 2 aromatic rings. The summed E-state index contributed by atoms with van der Waals surface area (Å²) in [6, 6.07) is 16.8. The molecule has 0 aliphatic carbocycles. The Morgan fingerprint density at radius 2 is 1.56 bits per heavy atom. The average molecular weight is 480 g/mol. The number of piperidine rings is 2. The maximum Gasteiger partial charge on any atom is 0.243 e. The van der Waals surface area contributed by atoms with Gasteiger partial charge in [-0.2, -0.15) is 9.57 Å². The number of benzene rings is 2. The molecule has 34 heavy (non-hydrogen) atoms. The Morgan fingerprint density at radius 3 is 2.15 bits per heavy atom. The topological polar surface area (TPSA) is 81.5 Å². The normalized spacial score (nSPS) is 18.5. The second-order valence-corrected chi connectivity index (χ2v) is 11.5. The smallest absolute Gasteiger partial charge is 0.243 e. The minimum Gasteiger partial charge on any atom is -0.342 e. The van der Waals surface area contributed by atoms with E-state index >= 15 is 0 Å². The van der Waals surface area contributed by atoms with Crippen molar-refractivity contribution < 1.29 is 13.2 Å². The van der Waals surface area contributed by atoms with Gasteiger partial charge >= 0.3 is 0 Å². The van der Waals surface area contributed by atoms with E-state index in [0.29, 0.717) is 37.4 Å². The molecule has 1 amide bonds. The first kappa shape index (κ1) is 24.4. The van der Waals surface area contributed by atoms with E-state index in [-0.39, 0.29) is 16.7 Å². The molecule has 0 bridgehead atoms. The molecule has 0 radical (unpaired) electrons. The van der Waals surface area contributed by atoms with Crippen molar-refractivity contribution in [2.24, 2.45) is 11.8 Å². The third kappa shape index (κ3) is 5.68. The zero-order valence-electron chi connectivity index (χ0n) is 19.8. The van der Waals surface area contributed by atoms with Gasteiger partial charge in [0.05, 0.1) is 16.5 Å². The Kier molecular flexibility index (Phi) is 7.70. The van der Waals surface area contributed by atoms with Gasteiger partial charge in [-0.1, -0.05) is 29.8 Å². The fourth-order valence-corrected chi connectivity index (χ4v) is 6.49. The third-order valence-electron chi connectivity index (χ3n) is 7.31. The second kappa shape index (κ2) is 10.7. The number of carbonyl (C=O) groups is 1. The first-order valence-corrected chi connectivity index (χ1v) is 13.7. The van der Waals surface area contributed by atoms with Gasteiger partial charge in [-0.15, -0.1) is 0 Å². The quantitative estimate of drug-likeness (QED) is 0.624. The predicted molar refractivity (Wildman–Crippen MR) is 131 cm³/mol. The average Bonchev–Trinajstić information content (AvgIpc) is 2.88. The Hall–Kier alpha value is -2.69. The molecule has 2 fully saturated rings. The molecule has 0 aromatic heterocycles. The van der Waals surface area contributed by atoms with Crippen LogP contribution in [-0.4, -0.2) is 49.7 Å². The lowest BCUT2D eigenvalue weighted by atomic mass is 9.89. The van der Waals surface area contributed by atoms with Crippen molar-refractivity contribution in [1.29, 1.82) is 5.26 Å². The van der Waals surface area contributed by atoms with Crippen molar-refractivity contribution in [1.82, 2.24) is 9.21 Å². The molecule has 2 aliphatic rings. The summed E-state index contributed by atoms with van der Waals surface area (Å²) in [5, 5.41) is 8.92. The maximum absolute atomic E-state index is 13.1. The molecule has 0 spiro atoms. The summed E-state index contributed by atoms with van der Waals surface area (Å²) in [6.45, 7) is 4.43. The van der Waals surface area contributed by atoms with Gasteiger partial charge in [-0.25, -0.2) is 8.42 Å². The summed E-state index contributed by atoms with van der Waals surface area (Å²) in [5.41, 5.74) is 3.10. The minimum absolute atomic E-state index is 0.100. The minimum atomic E-state index is -3.60. The Morgan fingerprint density at radius 1 is 0.941 bits per heavy atom. The highest BCUT2D eigenvalue weighted by Crippen LogP contribution is 2.28. The molecule has 2 heterocycles. The summed E-state index contributed by atoms with van der Waals surface area (Å²) in [5.74, 6) is 0.744. The van der Waals surface area contributed by atoms with Crippen molar-refractivity contribution in [3.8, 4) is 6.07 Å². The molecule has 0 N–H and O–H groups in total. The molecule has 7 heteroatoms. The second-order valence-electron chi connectivity index (χ2n) is 9.61. The van der Waals surface area contributed by atoms with E-state index in [1.807, 2.05) is 11.0 Å². The van der Waals surface area contributed by atoms with Crippen LogP contribution >= 0.6 is 0 Å². The van der Waals surface area contributed by atoms with Gasteiger partial charge in [0.1, 0.15) is 0 Å². The van der Waals surface area contributed by atoms with Gasteiger partial charge in [0.25, 0.3) is 0 Å². The lowest BCUT2D eigenvalue weighted by Crippen LogP contribution is -2.46. The molecule has 0 atom stereocenters. The molecule has 0 unspecified atom stereocenters. The van der Waals surface area contributed by atoms with Gasteiger partial charge in [0.2, 0.25) is 15.9 Å². The van der Waals surface area contributed by atoms with Crippen LogP contribution in [0.2, 0.25) is 0 Å². The van der Waals surface area contributed by atoms with Crippen LogP contribution in [-0.2, 0) is 21.2 Å². The summed E-state index contributed by atoms with van der Waals surface area (Å²) in [6.07, 6.45) is 5.46.